The highest BCUT2D eigenvalue weighted by atomic mass is 31.2. The fourth-order valence-corrected chi connectivity index (χ4v) is 9.31. The van der Waals surface area contributed by atoms with Crippen LogP contribution in [-0.2, 0) is 18.4 Å². The zero-order chi connectivity index (χ0) is 47.1. The summed E-state index contributed by atoms with van der Waals surface area (Å²) in [4.78, 5) is 22.9. The Morgan fingerprint density at radius 3 is 1.20 bits per heavy atom. The summed E-state index contributed by atoms with van der Waals surface area (Å²) in [6.07, 6.45) is 58.3. The van der Waals surface area contributed by atoms with Crippen LogP contribution >= 0.6 is 7.82 Å². The monoisotopic (exact) mass is 928 g/mol. The van der Waals surface area contributed by atoms with Gasteiger partial charge in [-0.05, 0) is 38.5 Å². The Balaban J connectivity index is 3.56. The fraction of sp³-hybridized carbons (Fsp3) is 0.945. The first-order chi connectivity index (χ1) is 31.0. The minimum Gasteiger partial charge on any atom is -0.391 e. The summed E-state index contributed by atoms with van der Waals surface area (Å²) in [6, 6.07) is -0.751. The largest absolute Gasteiger partial charge is 0.472 e. The minimum absolute atomic E-state index is 0.0759. The number of unbranched alkanes of at least 4 members (excludes halogenated alkanes) is 37. The molecule has 0 aromatic rings. The van der Waals surface area contributed by atoms with Crippen molar-refractivity contribution >= 4 is 13.7 Å². The van der Waals surface area contributed by atoms with Crippen LogP contribution in [0.25, 0.3) is 0 Å². The third-order valence-corrected chi connectivity index (χ3v) is 14.0. The van der Waals surface area contributed by atoms with Crippen molar-refractivity contribution in [1.29, 1.82) is 0 Å². The Kier molecular flexibility index (Phi) is 46.8. The number of amides is 1. The standard InChI is InChI=1S/C55H111N2O6P/c1-6-8-10-11-12-13-14-15-16-17-18-19-20-21-22-23-24-25-26-27-28-29-30-31-32-33-34-35-36-37-38-39-40-41-42-43-44-45-47-49-55(59)56-53(54(58)48-46-9-7-2)52-63-64(60,61)62-51-50-57(3,4)5/h17-18,53-54,58H,6-16,19-52H2,1-5H3,(H-,56,59,60,61)/p+1/b18-17-. The van der Waals surface area contributed by atoms with Crippen LogP contribution in [0.15, 0.2) is 12.2 Å². The van der Waals surface area contributed by atoms with Crippen LogP contribution in [0.5, 0.6) is 0 Å². The molecule has 0 saturated heterocycles. The van der Waals surface area contributed by atoms with Crippen LogP contribution in [0.4, 0.5) is 0 Å². The molecule has 0 aliphatic heterocycles. The van der Waals surface area contributed by atoms with Gasteiger partial charge in [0.25, 0.3) is 0 Å². The molecule has 0 bridgehead atoms. The van der Waals surface area contributed by atoms with E-state index in [0.717, 1.165) is 38.5 Å². The van der Waals surface area contributed by atoms with Gasteiger partial charge in [-0.25, -0.2) is 4.57 Å². The maximum Gasteiger partial charge on any atom is 0.472 e. The van der Waals surface area contributed by atoms with Crippen molar-refractivity contribution < 1.29 is 32.9 Å². The molecular formula is C55H112N2O6P+. The van der Waals surface area contributed by atoms with Crippen molar-refractivity contribution in [1.82, 2.24) is 5.32 Å². The number of carbonyl (C=O) groups is 1. The van der Waals surface area contributed by atoms with Crippen molar-refractivity contribution in [2.24, 2.45) is 0 Å². The average molecular weight is 928 g/mol. The molecule has 1 amide bonds. The quantitative estimate of drug-likeness (QED) is 0.0243. The smallest absolute Gasteiger partial charge is 0.391 e. The summed E-state index contributed by atoms with van der Waals surface area (Å²) in [5, 5.41) is 13.6. The van der Waals surface area contributed by atoms with E-state index in [1.165, 1.54) is 218 Å². The number of phosphoric acid groups is 1. The number of aliphatic hydroxyl groups is 1. The molecule has 0 aromatic heterocycles. The number of hydrogen-bond donors (Lipinski definition) is 3. The maximum absolute atomic E-state index is 12.7. The fourth-order valence-electron chi connectivity index (χ4n) is 8.57. The van der Waals surface area contributed by atoms with Crippen molar-refractivity contribution in [3.8, 4) is 0 Å². The number of carbonyl (C=O) groups excluding carboxylic acids is 1. The number of allylic oxidation sites excluding steroid dienone is 2. The van der Waals surface area contributed by atoms with Gasteiger partial charge < -0.3 is 19.8 Å². The van der Waals surface area contributed by atoms with Gasteiger partial charge in [0.2, 0.25) is 5.91 Å². The predicted octanol–water partition coefficient (Wildman–Crippen LogP) is 16.7. The molecule has 3 unspecified atom stereocenters. The molecular weight excluding hydrogens is 816 g/mol. The van der Waals surface area contributed by atoms with E-state index in [1.54, 1.807) is 0 Å². The van der Waals surface area contributed by atoms with Gasteiger partial charge in [0.15, 0.2) is 0 Å². The number of likely N-dealkylation sites (N-methyl/N-ethyl adjacent to an activating group) is 1. The molecule has 3 N–H and O–H groups in total. The van der Waals surface area contributed by atoms with E-state index in [9.17, 15) is 19.4 Å². The van der Waals surface area contributed by atoms with Crippen LogP contribution < -0.4 is 5.32 Å². The number of rotatable bonds is 52. The molecule has 8 nitrogen and oxygen atoms in total. The Bertz CT molecular complexity index is 1050. The average Bonchev–Trinajstić information content (AvgIpc) is 3.25. The minimum atomic E-state index is -4.29. The predicted molar refractivity (Wildman–Crippen MR) is 277 cm³/mol. The number of nitrogens with one attached hydrogen (secondary N) is 1. The highest BCUT2D eigenvalue weighted by molar-refractivity contribution is 7.47. The second-order valence-electron chi connectivity index (χ2n) is 20.7. The van der Waals surface area contributed by atoms with Crippen LogP contribution in [0.3, 0.4) is 0 Å². The Morgan fingerprint density at radius 2 is 0.844 bits per heavy atom. The highest BCUT2D eigenvalue weighted by Gasteiger charge is 2.28. The van der Waals surface area contributed by atoms with Gasteiger partial charge in [-0.1, -0.05) is 251 Å². The van der Waals surface area contributed by atoms with Crippen molar-refractivity contribution in [3.63, 3.8) is 0 Å². The molecule has 0 aliphatic carbocycles. The third-order valence-electron chi connectivity index (χ3n) is 13.0. The van der Waals surface area contributed by atoms with E-state index in [1.807, 2.05) is 21.1 Å². The lowest BCUT2D eigenvalue weighted by molar-refractivity contribution is -0.870. The number of quaternary nitrogens is 1. The molecule has 0 fully saturated rings. The number of nitrogens with zero attached hydrogens (tertiary/aromatic N) is 1. The van der Waals surface area contributed by atoms with E-state index < -0.39 is 20.0 Å². The van der Waals surface area contributed by atoms with E-state index in [-0.39, 0.29) is 19.1 Å². The van der Waals surface area contributed by atoms with Crippen molar-refractivity contribution in [2.75, 3.05) is 40.9 Å². The first-order valence-corrected chi connectivity index (χ1v) is 29.5. The van der Waals surface area contributed by atoms with Crippen molar-refractivity contribution in [3.05, 3.63) is 12.2 Å². The van der Waals surface area contributed by atoms with Gasteiger partial charge in [-0.2, -0.15) is 0 Å². The normalized spacial score (nSPS) is 14.0. The third kappa shape index (κ3) is 49.2. The van der Waals surface area contributed by atoms with E-state index in [4.69, 9.17) is 9.05 Å². The van der Waals surface area contributed by atoms with Gasteiger partial charge in [-0.15, -0.1) is 0 Å². The first kappa shape index (κ1) is 63.2. The van der Waals surface area contributed by atoms with E-state index in [2.05, 4.69) is 31.3 Å². The molecule has 0 spiro atoms. The van der Waals surface area contributed by atoms with Gasteiger partial charge in [0.1, 0.15) is 13.2 Å². The SMILES string of the molecule is CCCCCCCCCC/C=C\CCCCCCCCCCCCCCCCCCCCCCCCCCCCCC(=O)NC(COP(=O)(O)OCC[N+](C)(C)C)C(O)CCCCC. The molecule has 382 valence electrons. The summed E-state index contributed by atoms with van der Waals surface area (Å²) >= 11 is 0. The zero-order valence-corrected chi connectivity index (χ0v) is 44.4. The van der Waals surface area contributed by atoms with Crippen LogP contribution in [0.1, 0.15) is 284 Å². The van der Waals surface area contributed by atoms with Gasteiger partial charge in [0, 0.05) is 6.42 Å². The van der Waals surface area contributed by atoms with E-state index >= 15 is 0 Å². The van der Waals surface area contributed by atoms with Gasteiger partial charge in [0.05, 0.1) is 39.9 Å². The van der Waals surface area contributed by atoms with Crippen LogP contribution in [-0.4, -0.2) is 73.4 Å². The molecule has 0 heterocycles. The molecule has 0 aliphatic rings. The number of phosphoric ester groups is 1. The molecule has 3 atom stereocenters. The summed E-state index contributed by atoms with van der Waals surface area (Å²) < 4.78 is 23.4. The lowest BCUT2D eigenvalue weighted by Gasteiger charge is -2.26. The summed E-state index contributed by atoms with van der Waals surface area (Å²) in [7, 11) is 1.62. The highest BCUT2D eigenvalue weighted by Crippen LogP contribution is 2.43. The second-order valence-corrected chi connectivity index (χ2v) is 22.1. The molecule has 0 rings (SSSR count). The van der Waals surface area contributed by atoms with E-state index in [0.29, 0.717) is 23.9 Å². The lowest BCUT2D eigenvalue weighted by atomic mass is 10.0. The van der Waals surface area contributed by atoms with Gasteiger partial charge >= 0.3 is 7.82 Å². The first-order valence-electron chi connectivity index (χ1n) is 28.1. The molecule has 0 aromatic carbocycles. The zero-order valence-electron chi connectivity index (χ0n) is 43.6. The van der Waals surface area contributed by atoms with Gasteiger partial charge in [-0.3, -0.25) is 13.8 Å². The topological polar surface area (TPSA) is 105 Å². The molecule has 0 radical (unpaired) electrons. The lowest BCUT2D eigenvalue weighted by Crippen LogP contribution is -2.46. The summed E-state index contributed by atoms with van der Waals surface area (Å²) in [5.41, 5.74) is 0. The second kappa shape index (κ2) is 47.3. The molecule has 9 heteroatoms. The Labute approximate surface area is 399 Å². The molecule has 0 saturated carbocycles. The maximum atomic E-state index is 12.7. The summed E-state index contributed by atoms with van der Waals surface area (Å²) in [6.45, 7) is 4.75. The van der Waals surface area contributed by atoms with Crippen LogP contribution in [0.2, 0.25) is 0 Å². The Morgan fingerprint density at radius 1 is 0.516 bits per heavy atom. The van der Waals surface area contributed by atoms with Crippen molar-refractivity contribution in [2.45, 2.75) is 296 Å². The Hall–Kier alpha value is -0.760. The number of aliphatic hydroxyl groups excluding tert-OH is 1. The molecule has 64 heavy (non-hydrogen) atoms. The summed E-state index contributed by atoms with van der Waals surface area (Å²) in [5.74, 6) is -0.151. The number of hydrogen-bond acceptors (Lipinski definition) is 5. The van der Waals surface area contributed by atoms with Crippen LogP contribution in [0, 0.1) is 0 Å².